The van der Waals surface area contributed by atoms with Gasteiger partial charge in [0.15, 0.2) is 0 Å². The lowest BCUT2D eigenvalue weighted by molar-refractivity contribution is -0.120. The fourth-order valence-electron chi connectivity index (χ4n) is 3.21. The molecule has 126 valence electrons. The summed E-state index contributed by atoms with van der Waals surface area (Å²) in [7, 11) is 0. The maximum absolute atomic E-state index is 12.9. The van der Waals surface area contributed by atoms with Crippen LogP contribution in [0, 0.1) is 11.3 Å². The van der Waals surface area contributed by atoms with Gasteiger partial charge in [0.2, 0.25) is 5.91 Å². The molecule has 0 radical (unpaired) electrons. The molecular weight excluding hydrogens is 314 g/mol. The van der Waals surface area contributed by atoms with Crippen LogP contribution in [0.4, 0.5) is 5.69 Å². The average molecular weight is 333 g/mol. The van der Waals surface area contributed by atoms with Crippen LogP contribution in [0.2, 0.25) is 0 Å². The summed E-state index contributed by atoms with van der Waals surface area (Å²) in [6, 6.07) is 17.7. The van der Waals surface area contributed by atoms with Crippen molar-refractivity contribution < 1.29 is 9.59 Å². The van der Waals surface area contributed by atoms with E-state index in [1.54, 1.807) is 34.1 Å². The van der Waals surface area contributed by atoms with Crippen molar-refractivity contribution in [1.29, 1.82) is 5.26 Å². The first-order valence-electron chi connectivity index (χ1n) is 8.33. The Balaban J connectivity index is 1.83. The van der Waals surface area contributed by atoms with Crippen LogP contribution in [0.3, 0.4) is 0 Å². The number of benzene rings is 2. The van der Waals surface area contributed by atoms with Gasteiger partial charge in [0, 0.05) is 24.3 Å². The van der Waals surface area contributed by atoms with Crippen molar-refractivity contribution in [2.75, 3.05) is 18.0 Å². The van der Waals surface area contributed by atoms with Crippen LogP contribution in [0.1, 0.15) is 29.3 Å². The Morgan fingerprint density at radius 3 is 2.68 bits per heavy atom. The first-order valence-corrected chi connectivity index (χ1v) is 8.33. The van der Waals surface area contributed by atoms with E-state index in [9.17, 15) is 9.59 Å². The molecule has 5 heteroatoms. The monoisotopic (exact) mass is 333 g/mol. The quantitative estimate of drug-likeness (QED) is 0.864. The molecule has 1 saturated heterocycles. The predicted molar refractivity (Wildman–Crippen MR) is 95.1 cm³/mol. The average Bonchev–Trinajstić information content (AvgIpc) is 3.04. The molecule has 2 amide bonds. The number of hydrogen-bond acceptors (Lipinski definition) is 3. The molecule has 3 rings (SSSR count). The van der Waals surface area contributed by atoms with Crippen molar-refractivity contribution >= 4 is 17.5 Å². The van der Waals surface area contributed by atoms with Gasteiger partial charge in [0.25, 0.3) is 5.91 Å². The number of nitriles is 1. The normalized spacial score (nSPS) is 16.6. The smallest absolute Gasteiger partial charge is 0.254 e. The summed E-state index contributed by atoms with van der Waals surface area (Å²) < 4.78 is 0. The minimum absolute atomic E-state index is 0.0576. The third-order valence-electron chi connectivity index (χ3n) is 4.46. The highest BCUT2D eigenvalue weighted by molar-refractivity contribution is 6.04. The molecule has 1 aliphatic heterocycles. The predicted octanol–water partition coefficient (Wildman–Crippen LogP) is 2.83. The van der Waals surface area contributed by atoms with Crippen LogP contribution >= 0.6 is 0 Å². The van der Waals surface area contributed by atoms with Crippen LogP contribution in [-0.4, -0.2) is 35.8 Å². The number of amides is 2. The van der Waals surface area contributed by atoms with E-state index >= 15 is 0 Å². The third-order valence-corrected chi connectivity index (χ3v) is 4.46. The Labute approximate surface area is 147 Å². The molecule has 1 heterocycles. The first kappa shape index (κ1) is 16.7. The molecule has 0 aromatic heterocycles. The molecule has 0 unspecified atom stereocenters. The molecule has 2 aromatic rings. The fourth-order valence-corrected chi connectivity index (χ4v) is 3.21. The van der Waals surface area contributed by atoms with Gasteiger partial charge < -0.3 is 9.80 Å². The minimum Gasteiger partial charge on any atom is -0.327 e. The molecule has 1 fully saturated rings. The summed E-state index contributed by atoms with van der Waals surface area (Å²) in [6.45, 7) is 2.90. The van der Waals surface area contributed by atoms with Crippen molar-refractivity contribution in [2.45, 2.75) is 19.4 Å². The van der Waals surface area contributed by atoms with Gasteiger partial charge in [-0.05, 0) is 43.7 Å². The van der Waals surface area contributed by atoms with Gasteiger partial charge in [-0.2, -0.15) is 5.26 Å². The molecule has 0 spiro atoms. The van der Waals surface area contributed by atoms with E-state index in [0.717, 1.165) is 5.69 Å². The number of likely N-dealkylation sites (N-methyl/N-ethyl adjacent to an activating group) is 1. The van der Waals surface area contributed by atoms with Crippen LogP contribution in [0.25, 0.3) is 0 Å². The Bertz CT molecular complexity index is 826. The second-order valence-electron chi connectivity index (χ2n) is 5.91. The largest absolute Gasteiger partial charge is 0.327 e. The molecule has 25 heavy (non-hydrogen) atoms. The Hall–Kier alpha value is -3.13. The second kappa shape index (κ2) is 7.18. The summed E-state index contributed by atoms with van der Waals surface area (Å²) in [4.78, 5) is 29.0. The van der Waals surface area contributed by atoms with Gasteiger partial charge in [0.1, 0.15) is 6.04 Å². The summed E-state index contributed by atoms with van der Waals surface area (Å²) in [6.07, 6.45) is 0.602. The molecule has 1 aliphatic rings. The summed E-state index contributed by atoms with van der Waals surface area (Å²) in [5.74, 6) is -0.273. The van der Waals surface area contributed by atoms with Crippen LogP contribution in [-0.2, 0) is 4.79 Å². The molecule has 5 nitrogen and oxygen atoms in total. The summed E-state index contributed by atoms with van der Waals surface area (Å²) >= 11 is 0. The highest BCUT2D eigenvalue weighted by atomic mass is 16.2. The second-order valence-corrected chi connectivity index (χ2v) is 5.91. The van der Waals surface area contributed by atoms with Crippen LogP contribution in [0.5, 0.6) is 0 Å². The van der Waals surface area contributed by atoms with Gasteiger partial charge >= 0.3 is 0 Å². The highest BCUT2D eigenvalue weighted by Gasteiger charge is 2.38. The zero-order valence-corrected chi connectivity index (χ0v) is 14.1. The van der Waals surface area contributed by atoms with Crippen molar-refractivity contribution in [3.63, 3.8) is 0 Å². The fraction of sp³-hybridized carbons (Fsp3) is 0.250. The SMILES string of the molecule is CCN(C(=O)c1cccc(C#N)c1)[C@H]1CCN(c2ccccc2)C1=O. The number of hydrogen-bond donors (Lipinski definition) is 0. The number of para-hydroxylation sites is 1. The lowest BCUT2D eigenvalue weighted by atomic mass is 10.1. The van der Waals surface area contributed by atoms with Gasteiger partial charge in [-0.15, -0.1) is 0 Å². The number of rotatable bonds is 4. The van der Waals surface area contributed by atoms with E-state index in [2.05, 4.69) is 0 Å². The van der Waals surface area contributed by atoms with Gasteiger partial charge in [-0.25, -0.2) is 0 Å². The van der Waals surface area contributed by atoms with Crippen molar-refractivity contribution in [2.24, 2.45) is 0 Å². The van der Waals surface area contributed by atoms with E-state index in [-0.39, 0.29) is 11.8 Å². The number of anilines is 1. The number of carbonyl (C=O) groups is 2. The van der Waals surface area contributed by atoms with E-state index in [0.29, 0.717) is 30.6 Å². The topological polar surface area (TPSA) is 64.4 Å². The van der Waals surface area contributed by atoms with E-state index in [1.165, 1.54) is 0 Å². The molecular formula is C20H19N3O2. The number of nitrogens with zero attached hydrogens (tertiary/aromatic N) is 3. The molecule has 2 aromatic carbocycles. The third kappa shape index (κ3) is 3.24. The maximum Gasteiger partial charge on any atom is 0.254 e. The van der Waals surface area contributed by atoms with Crippen molar-refractivity contribution in [3.8, 4) is 6.07 Å². The highest BCUT2D eigenvalue weighted by Crippen LogP contribution is 2.25. The molecule has 0 N–H and O–H groups in total. The van der Waals surface area contributed by atoms with E-state index < -0.39 is 6.04 Å². The first-order chi connectivity index (χ1) is 12.2. The van der Waals surface area contributed by atoms with Gasteiger partial charge in [0.05, 0.1) is 11.6 Å². The van der Waals surface area contributed by atoms with Crippen molar-refractivity contribution in [1.82, 2.24) is 4.90 Å². The lowest BCUT2D eigenvalue weighted by Crippen LogP contribution is -2.45. The van der Waals surface area contributed by atoms with Gasteiger partial charge in [-0.1, -0.05) is 24.3 Å². The molecule has 0 saturated carbocycles. The van der Waals surface area contributed by atoms with E-state index in [4.69, 9.17) is 5.26 Å². The maximum atomic E-state index is 12.9. The van der Waals surface area contributed by atoms with E-state index in [1.807, 2.05) is 43.3 Å². The molecule has 1 atom stereocenters. The zero-order chi connectivity index (χ0) is 17.8. The minimum atomic E-state index is -0.469. The number of carbonyl (C=O) groups excluding carboxylic acids is 2. The Kier molecular flexibility index (Phi) is 4.80. The summed E-state index contributed by atoms with van der Waals surface area (Å²) in [5, 5.41) is 9.02. The standard InChI is InChI=1S/C20H19N3O2/c1-2-22(19(24)16-8-6-7-15(13-16)14-21)18-11-12-23(20(18)25)17-9-4-3-5-10-17/h3-10,13,18H,2,11-12H2,1H3/t18-/m0/s1. The van der Waals surface area contributed by atoms with Crippen LogP contribution in [0.15, 0.2) is 54.6 Å². The lowest BCUT2D eigenvalue weighted by Gasteiger charge is -2.27. The molecule has 0 aliphatic carbocycles. The summed E-state index contributed by atoms with van der Waals surface area (Å²) in [5.41, 5.74) is 1.72. The molecule has 0 bridgehead atoms. The Morgan fingerprint density at radius 1 is 1.24 bits per heavy atom. The Morgan fingerprint density at radius 2 is 2.00 bits per heavy atom. The zero-order valence-electron chi connectivity index (χ0n) is 14.1. The van der Waals surface area contributed by atoms with Gasteiger partial charge in [-0.3, -0.25) is 9.59 Å². The van der Waals surface area contributed by atoms with Crippen molar-refractivity contribution in [3.05, 3.63) is 65.7 Å². The van der Waals surface area contributed by atoms with Crippen LogP contribution < -0.4 is 4.90 Å².